The van der Waals surface area contributed by atoms with Crippen molar-refractivity contribution in [1.82, 2.24) is 15.1 Å². The SMILES string of the molecule is CCc1c(C)nn(C(C)CCCNCC(C)C)c1C. The minimum atomic E-state index is 0.500. The van der Waals surface area contributed by atoms with Crippen molar-refractivity contribution in [1.29, 1.82) is 0 Å². The lowest BCUT2D eigenvalue weighted by Crippen LogP contribution is -2.21. The van der Waals surface area contributed by atoms with Gasteiger partial charge in [-0.2, -0.15) is 5.10 Å². The van der Waals surface area contributed by atoms with Gasteiger partial charge in [-0.15, -0.1) is 0 Å². The first-order chi connectivity index (χ1) is 8.97. The van der Waals surface area contributed by atoms with Gasteiger partial charge in [0.1, 0.15) is 0 Å². The minimum Gasteiger partial charge on any atom is -0.316 e. The fraction of sp³-hybridized carbons (Fsp3) is 0.812. The van der Waals surface area contributed by atoms with E-state index in [4.69, 9.17) is 5.10 Å². The Morgan fingerprint density at radius 1 is 1.21 bits per heavy atom. The van der Waals surface area contributed by atoms with E-state index in [-0.39, 0.29) is 0 Å². The molecule has 0 saturated carbocycles. The molecule has 3 heteroatoms. The molecule has 0 bridgehead atoms. The van der Waals surface area contributed by atoms with Crippen LogP contribution in [0.25, 0.3) is 0 Å². The van der Waals surface area contributed by atoms with Crippen LogP contribution in [0.5, 0.6) is 0 Å². The molecule has 0 fully saturated rings. The minimum absolute atomic E-state index is 0.500. The summed E-state index contributed by atoms with van der Waals surface area (Å²) in [6.45, 7) is 15.5. The molecule has 0 aliphatic rings. The average molecular weight is 265 g/mol. The first-order valence-electron chi connectivity index (χ1n) is 7.72. The van der Waals surface area contributed by atoms with Gasteiger partial charge in [-0.1, -0.05) is 20.8 Å². The number of aryl methyl sites for hydroxylation is 1. The highest BCUT2D eigenvalue weighted by atomic mass is 15.3. The van der Waals surface area contributed by atoms with E-state index in [0.29, 0.717) is 6.04 Å². The Morgan fingerprint density at radius 3 is 2.42 bits per heavy atom. The van der Waals surface area contributed by atoms with Crippen molar-refractivity contribution in [2.24, 2.45) is 5.92 Å². The molecule has 1 N–H and O–H groups in total. The average Bonchev–Trinajstić information content (AvgIpc) is 2.63. The van der Waals surface area contributed by atoms with Gasteiger partial charge in [0, 0.05) is 11.7 Å². The Morgan fingerprint density at radius 2 is 1.89 bits per heavy atom. The molecule has 1 heterocycles. The number of nitrogens with zero attached hydrogens (tertiary/aromatic N) is 2. The summed E-state index contributed by atoms with van der Waals surface area (Å²) in [5, 5.41) is 8.21. The monoisotopic (exact) mass is 265 g/mol. The van der Waals surface area contributed by atoms with Crippen LogP contribution in [0.4, 0.5) is 0 Å². The second-order valence-corrected chi connectivity index (χ2v) is 6.04. The van der Waals surface area contributed by atoms with Crippen LogP contribution in [0.1, 0.15) is 63.5 Å². The van der Waals surface area contributed by atoms with Crippen LogP contribution in [-0.4, -0.2) is 22.9 Å². The van der Waals surface area contributed by atoms with Gasteiger partial charge in [-0.05, 0) is 64.6 Å². The lowest BCUT2D eigenvalue weighted by atomic mass is 10.1. The molecule has 3 nitrogen and oxygen atoms in total. The van der Waals surface area contributed by atoms with Crippen LogP contribution < -0.4 is 5.32 Å². The van der Waals surface area contributed by atoms with Gasteiger partial charge in [0.05, 0.1) is 5.69 Å². The Kier molecular flexibility index (Phi) is 6.56. The Labute approximate surface area is 118 Å². The van der Waals surface area contributed by atoms with Crippen LogP contribution in [0.2, 0.25) is 0 Å². The van der Waals surface area contributed by atoms with Crippen LogP contribution in [0, 0.1) is 19.8 Å². The predicted molar refractivity (Wildman–Crippen MR) is 82.7 cm³/mol. The fourth-order valence-electron chi connectivity index (χ4n) is 2.67. The van der Waals surface area contributed by atoms with E-state index in [1.54, 1.807) is 0 Å². The molecule has 1 unspecified atom stereocenters. The largest absolute Gasteiger partial charge is 0.316 e. The second-order valence-electron chi connectivity index (χ2n) is 6.04. The highest BCUT2D eigenvalue weighted by molar-refractivity contribution is 5.24. The molecular formula is C16H31N3. The number of hydrogen-bond donors (Lipinski definition) is 1. The third-order valence-corrected chi connectivity index (χ3v) is 3.77. The van der Waals surface area contributed by atoms with Crippen LogP contribution in [0.3, 0.4) is 0 Å². The number of rotatable bonds is 8. The summed E-state index contributed by atoms with van der Waals surface area (Å²) >= 11 is 0. The molecule has 0 aliphatic carbocycles. The van der Waals surface area contributed by atoms with Crippen molar-refractivity contribution in [3.8, 4) is 0 Å². The molecule has 0 radical (unpaired) electrons. The highest BCUT2D eigenvalue weighted by Crippen LogP contribution is 2.20. The molecular weight excluding hydrogens is 234 g/mol. The molecule has 19 heavy (non-hydrogen) atoms. The van der Waals surface area contributed by atoms with Crippen molar-refractivity contribution < 1.29 is 0 Å². The first-order valence-corrected chi connectivity index (χ1v) is 7.72. The van der Waals surface area contributed by atoms with Crippen LogP contribution >= 0.6 is 0 Å². The van der Waals surface area contributed by atoms with Crippen molar-refractivity contribution in [3.05, 3.63) is 17.0 Å². The van der Waals surface area contributed by atoms with E-state index in [0.717, 1.165) is 25.4 Å². The predicted octanol–water partition coefficient (Wildman–Crippen LogP) is 3.65. The van der Waals surface area contributed by atoms with Crippen LogP contribution in [0.15, 0.2) is 0 Å². The molecule has 1 aromatic heterocycles. The lowest BCUT2D eigenvalue weighted by molar-refractivity contribution is 0.424. The van der Waals surface area contributed by atoms with Gasteiger partial charge in [-0.25, -0.2) is 0 Å². The van der Waals surface area contributed by atoms with Gasteiger partial charge in [-0.3, -0.25) is 4.68 Å². The molecule has 0 saturated heterocycles. The van der Waals surface area contributed by atoms with Crippen molar-refractivity contribution >= 4 is 0 Å². The number of nitrogens with one attached hydrogen (secondary N) is 1. The molecule has 1 aromatic rings. The standard InChI is InChI=1S/C16H31N3/c1-7-16-14(5)18-19(15(16)6)13(4)9-8-10-17-11-12(2)3/h12-13,17H,7-11H2,1-6H3. The van der Waals surface area contributed by atoms with E-state index in [2.05, 4.69) is 51.5 Å². The van der Waals surface area contributed by atoms with Crippen LogP contribution in [-0.2, 0) is 6.42 Å². The third-order valence-electron chi connectivity index (χ3n) is 3.77. The molecule has 1 atom stereocenters. The highest BCUT2D eigenvalue weighted by Gasteiger charge is 2.14. The molecule has 110 valence electrons. The maximum atomic E-state index is 4.70. The third kappa shape index (κ3) is 4.64. The molecule has 0 aromatic carbocycles. The first kappa shape index (κ1) is 16.2. The zero-order chi connectivity index (χ0) is 14.4. The molecule has 0 amide bonds. The summed E-state index contributed by atoms with van der Waals surface area (Å²) in [5.74, 6) is 0.737. The quantitative estimate of drug-likeness (QED) is 0.727. The van der Waals surface area contributed by atoms with Gasteiger partial charge in [0.2, 0.25) is 0 Å². The lowest BCUT2D eigenvalue weighted by Gasteiger charge is -2.15. The van der Waals surface area contributed by atoms with E-state index >= 15 is 0 Å². The Hall–Kier alpha value is -0.830. The van der Waals surface area contributed by atoms with E-state index in [1.807, 2.05) is 0 Å². The van der Waals surface area contributed by atoms with Gasteiger partial charge < -0.3 is 5.32 Å². The van der Waals surface area contributed by atoms with Gasteiger partial charge in [0.15, 0.2) is 0 Å². The summed E-state index contributed by atoms with van der Waals surface area (Å²) in [4.78, 5) is 0. The zero-order valence-electron chi connectivity index (χ0n) is 13.6. The number of aromatic nitrogens is 2. The summed E-state index contributed by atoms with van der Waals surface area (Å²) < 4.78 is 2.22. The van der Waals surface area contributed by atoms with Crippen molar-refractivity contribution in [2.45, 2.75) is 66.8 Å². The summed E-state index contributed by atoms with van der Waals surface area (Å²) in [5.41, 5.74) is 3.97. The molecule has 0 spiro atoms. The van der Waals surface area contributed by atoms with E-state index in [9.17, 15) is 0 Å². The topological polar surface area (TPSA) is 29.9 Å². The van der Waals surface area contributed by atoms with Gasteiger partial charge in [0.25, 0.3) is 0 Å². The van der Waals surface area contributed by atoms with E-state index in [1.165, 1.54) is 29.8 Å². The Bertz CT molecular complexity index is 380. The smallest absolute Gasteiger partial charge is 0.0628 e. The molecule has 0 aliphatic heterocycles. The van der Waals surface area contributed by atoms with Crippen molar-refractivity contribution in [2.75, 3.05) is 13.1 Å². The maximum Gasteiger partial charge on any atom is 0.0628 e. The summed E-state index contributed by atoms with van der Waals surface area (Å²) in [7, 11) is 0. The summed E-state index contributed by atoms with van der Waals surface area (Å²) in [6.07, 6.45) is 3.49. The molecule has 1 rings (SSSR count). The Balaban J connectivity index is 2.43. The maximum absolute atomic E-state index is 4.70. The van der Waals surface area contributed by atoms with E-state index < -0.39 is 0 Å². The zero-order valence-corrected chi connectivity index (χ0v) is 13.6. The second kappa shape index (κ2) is 7.68. The fourth-order valence-corrected chi connectivity index (χ4v) is 2.67. The van der Waals surface area contributed by atoms with Gasteiger partial charge >= 0.3 is 0 Å². The number of hydrogen-bond acceptors (Lipinski definition) is 2. The van der Waals surface area contributed by atoms with Crippen molar-refractivity contribution in [3.63, 3.8) is 0 Å². The normalized spacial score (nSPS) is 13.2. The summed E-state index contributed by atoms with van der Waals surface area (Å²) in [6, 6.07) is 0.500.